The van der Waals surface area contributed by atoms with Crippen LogP contribution in [0.15, 0.2) is 0 Å². The smallest absolute Gasteiger partial charge is 0.313 e. The second-order valence-corrected chi connectivity index (χ2v) is 2.76. The fraction of sp³-hybridized carbons (Fsp3) is 0.800. The fourth-order valence-corrected chi connectivity index (χ4v) is 0.573. The summed E-state index contributed by atoms with van der Waals surface area (Å²) in [6, 6.07) is 0. The van der Waals surface area contributed by atoms with Crippen LogP contribution in [-0.4, -0.2) is 30.1 Å². The van der Waals surface area contributed by atoms with Gasteiger partial charge in [-0.05, 0) is 20.3 Å². The Labute approximate surface area is 85.3 Å². The molecule has 4 nitrogen and oxygen atoms in total. The number of Topliss-reactive ketones (excluding diaryl/α,β-unsaturated/α-hetero) is 1. The predicted molar refractivity (Wildman–Crippen MR) is 53.9 cm³/mol. The Morgan fingerprint density at radius 3 is 2.07 bits per heavy atom. The Bertz CT molecular complexity index is 152. The van der Waals surface area contributed by atoms with Crippen LogP contribution in [0.4, 0.5) is 0 Å². The van der Waals surface area contributed by atoms with Crippen molar-refractivity contribution < 1.29 is 19.4 Å². The summed E-state index contributed by atoms with van der Waals surface area (Å²) in [5, 5.41) is 8.07. The Morgan fingerprint density at radius 1 is 1.29 bits per heavy atom. The zero-order chi connectivity index (χ0) is 11.4. The Kier molecular flexibility index (Phi) is 13.5. The zero-order valence-corrected chi connectivity index (χ0v) is 9.21. The van der Waals surface area contributed by atoms with Crippen molar-refractivity contribution >= 4 is 11.8 Å². The molecule has 0 bridgehead atoms. The number of esters is 1. The number of unbranched alkanes of at least 4 members (excludes halogenated alkanes) is 1. The molecule has 0 atom stereocenters. The van der Waals surface area contributed by atoms with Gasteiger partial charge in [0.15, 0.2) is 0 Å². The predicted octanol–water partition coefficient (Wildman–Crippen LogP) is 1.31. The molecule has 0 fully saturated rings. The summed E-state index contributed by atoms with van der Waals surface area (Å²) in [5.74, 6) is -0.599. The van der Waals surface area contributed by atoms with Crippen LogP contribution in [0, 0.1) is 0 Å². The first-order chi connectivity index (χ1) is 6.58. The maximum Gasteiger partial charge on any atom is 0.313 e. The minimum absolute atomic E-state index is 0.103. The van der Waals surface area contributed by atoms with Gasteiger partial charge in [-0.15, -0.1) is 0 Å². The molecule has 0 saturated carbocycles. The van der Waals surface area contributed by atoms with Gasteiger partial charge in [-0.25, -0.2) is 0 Å². The third-order valence-corrected chi connectivity index (χ3v) is 1.21. The normalized spacial score (nSPS) is 8.57. The van der Waals surface area contributed by atoms with E-state index >= 15 is 0 Å². The summed E-state index contributed by atoms with van der Waals surface area (Å²) in [6.45, 7) is 5.80. The molecule has 0 saturated heterocycles. The summed E-state index contributed by atoms with van der Waals surface area (Å²) < 4.78 is 4.49. The summed E-state index contributed by atoms with van der Waals surface area (Å²) in [4.78, 5) is 20.6. The second kappa shape index (κ2) is 12.1. The maximum atomic E-state index is 10.4. The molecule has 0 aliphatic heterocycles. The van der Waals surface area contributed by atoms with E-state index in [2.05, 4.69) is 11.7 Å². The van der Waals surface area contributed by atoms with Crippen molar-refractivity contribution in [3.05, 3.63) is 0 Å². The molecule has 0 aromatic rings. The van der Waals surface area contributed by atoms with Crippen molar-refractivity contribution in [2.24, 2.45) is 0 Å². The highest BCUT2D eigenvalue weighted by atomic mass is 16.5. The van der Waals surface area contributed by atoms with E-state index in [1.165, 1.54) is 6.92 Å². The minimum atomic E-state index is -0.440. The van der Waals surface area contributed by atoms with Crippen LogP contribution in [0.1, 0.15) is 40.0 Å². The van der Waals surface area contributed by atoms with Gasteiger partial charge in [0.1, 0.15) is 12.2 Å². The first-order valence-corrected chi connectivity index (χ1v) is 4.84. The van der Waals surface area contributed by atoms with E-state index < -0.39 is 5.97 Å². The van der Waals surface area contributed by atoms with Crippen LogP contribution < -0.4 is 0 Å². The molecule has 0 aliphatic rings. The number of hydrogen-bond acceptors (Lipinski definition) is 4. The summed E-state index contributed by atoms with van der Waals surface area (Å²) in [6.07, 6.45) is 1.93. The molecule has 1 N–H and O–H groups in total. The number of rotatable bonds is 5. The second-order valence-electron chi connectivity index (χ2n) is 2.76. The van der Waals surface area contributed by atoms with Crippen molar-refractivity contribution in [2.45, 2.75) is 40.0 Å². The van der Waals surface area contributed by atoms with Gasteiger partial charge in [0.25, 0.3) is 0 Å². The highest BCUT2D eigenvalue weighted by molar-refractivity contribution is 5.94. The Hall–Kier alpha value is -0.900. The van der Waals surface area contributed by atoms with Gasteiger partial charge >= 0.3 is 5.97 Å². The molecule has 4 heteroatoms. The van der Waals surface area contributed by atoms with Crippen LogP contribution in [0.5, 0.6) is 0 Å². The van der Waals surface area contributed by atoms with E-state index in [0.29, 0.717) is 13.2 Å². The van der Waals surface area contributed by atoms with Crippen LogP contribution in [0.2, 0.25) is 0 Å². The number of ketones is 1. The quantitative estimate of drug-likeness (QED) is 0.541. The first kappa shape index (κ1) is 15.6. The van der Waals surface area contributed by atoms with Gasteiger partial charge in [0.05, 0.1) is 6.61 Å². The molecule has 0 aromatic carbocycles. The van der Waals surface area contributed by atoms with Gasteiger partial charge in [-0.2, -0.15) is 0 Å². The van der Waals surface area contributed by atoms with Gasteiger partial charge in [-0.1, -0.05) is 13.3 Å². The molecular formula is C10H20O4. The van der Waals surface area contributed by atoms with Crippen LogP contribution >= 0.6 is 0 Å². The standard InChI is InChI=1S/C6H10O3.C4H10O/c1-3-9-6(8)4-5(2)7;1-2-3-4-5/h3-4H2,1-2H3;5H,2-4H2,1H3. The van der Waals surface area contributed by atoms with Crippen molar-refractivity contribution in [3.8, 4) is 0 Å². The SMILES string of the molecule is CCCCO.CCOC(=O)CC(C)=O. The third kappa shape index (κ3) is 17.3. The lowest BCUT2D eigenvalue weighted by Crippen LogP contribution is -2.07. The molecule has 14 heavy (non-hydrogen) atoms. The summed E-state index contributed by atoms with van der Waals surface area (Å²) in [7, 11) is 0. The number of hydrogen-bond donors (Lipinski definition) is 1. The zero-order valence-electron chi connectivity index (χ0n) is 9.21. The lowest BCUT2D eigenvalue weighted by atomic mass is 10.3. The highest BCUT2D eigenvalue weighted by Gasteiger charge is 2.03. The number of ether oxygens (including phenoxy) is 1. The summed E-state index contributed by atoms with van der Waals surface area (Å²) >= 11 is 0. The monoisotopic (exact) mass is 204 g/mol. The van der Waals surface area contributed by atoms with Crippen LogP contribution in [-0.2, 0) is 14.3 Å². The molecule has 0 aliphatic carbocycles. The largest absolute Gasteiger partial charge is 0.466 e. The Morgan fingerprint density at radius 2 is 1.86 bits per heavy atom. The number of aliphatic hydroxyl groups is 1. The average Bonchev–Trinajstić information content (AvgIpc) is 2.05. The van der Waals surface area contributed by atoms with Crippen LogP contribution in [0.3, 0.4) is 0 Å². The first-order valence-electron chi connectivity index (χ1n) is 4.84. The summed E-state index contributed by atoms with van der Waals surface area (Å²) in [5.41, 5.74) is 0. The minimum Gasteiger partial charge on any atom is -0.466 e. The van der Waals surface area contributed by atoms with E-state index in [-0.39, 0.29) is 12.2 Å². The van der Waals surface area contributed by atoms with Gasteiger partial charge in [0.2, 0.25) is 0 Å². The lowest BCUT2D eigenvalue weighted by Gasteiger charge is -1.96. The lowest BCUT2D eigenvalue weighted by molar-refractivity contribution is -0.145. The van der Waals surface area contributed by atoms with Gasteiger partial charge in [-0.3, -0.25) is 9.59 Å². The van der Waals surface area contributed by atoms with E-state index in [9.17, 15) is 9.59 Å². The number of aliphatic hydroxyl groups excluding tert-OH is 1. The molecule has 0 spiro atoms. The van der Waals surface area contributed by atoms with E-state index in [1.54, 1.807) is 6.92 Å². The maximum absolute atomic E-state index is 10.4. The molecule has 0 unspecified atom stereocenters. The van der Waals surface area contributed by atoms with E-state index in [1.807, 2.05) is 0 Å². The molecule has 0 amide bonds. The number of carbonyl (C=O) groups excluding carboxylic acids is 2. The fourth-order valence-electron chi connectivity index (χ4n) is 0.573. The third-order valence-electron chi connectivity index (χ3n) is 1.21. The molecule has 84 valence electrons. The Balaban J connectivity index is 0. The topological polar surface area (TPSA) is 63.6 Å². The van der Waals surface area contributed by atoms with Crippen molar-refractivity contribution in [1.82, 2.24) is 0 Å². The van der Waals surface area contributed by atoms with Crippen LogP contribution in [0.25, 0.3) is 0 Å². The van der Waals surface area contributed by atoms with Crippen molar-refractivity contribution in [2.75, 3.05) is 13.2 Å². The van der Waals surface area contributed by atoms with E-state index in [4.69, 9.17) is 5.11 Å². The van der Waals surface area contributed by atoms with Gasteiger partial charge in [0, 0.05) is 6.61 Å². The number of carbonyl (C=O) groups is 2. The highest BCUT2D eigenvalue weighted by Crippen LogP contribution is 1.86. The van der Waals surface area contributed by atoms with E-state index in [0.717, 1.165) is 12.8 Å². The molecule has 0 rings (SSSR count). The molecule has 0 aromatic heterocycles. The van der Waals surface area contributed by atoms with Crippen molar-refractivity contribution in [1.29, 1.82) is 0 Å². The van der Waals surface area contributed by atoms with Crippen molar-refractivity contribution in [3.63, 3.8) is 0 Å². The molecule has 0 heterocycles. The molecule has 0 radical (unpaired) electrons. The molecular weight excluding hydrogens is 184 g/mol. The average molecular weight is 204 g/mol. The van der Waals surface area contributed by atoms with Gasteiger partial charge < -0.3 is 9.84 Å².